The van der Waals surface area contributed by atoms with Crippen molar-refractivity contribution in [3.05, 3.63) is 47.8 Å². The monoisotopic (exact) mass is 273 g/mol. The molecule has 1 atom stereocenters. The summed E-state index contributed by atoms with van der Waals surface area (Å²) in [4.78, 5) is 0. The number of nitrogens with one attached hydrogen (secondary N) is 1. The molecule has 1 aromatic heterocycles. The highest BCUT2D eigenvalue weighted by Gasteiger charge is 2.03. The lowest BCUT2D eigenvalue weighted by Crippen LogP contribution is -2.17. The molecular formula is C16H23N3O. The molecule has 0 radical (unpaired) electrons. The highest BCUT2D eigenvalue weighted by Crippen LogP contribution is 2.17. The summed E-state index contributed by atoms with van der Waals surface area (Å²) < 4.78 is 7.57. The van der Waals surface area contributed by atoms with Crippen LogP contribution in [0.3, 0.4) is 0 Å². The Morgan fingerprint density at radius 1 is 1.30 bits per heavy atom. The van der Waals surface area contributed by atoms with Gasteiger partial charge in [0.15, 0.2) is 0 Å². The van der Waals surface area contributed by atoms with Crippen molar-refractivity contribution in [2.24, 2.45) is 7.05 Å². The Hall–Kier alpha value is -1.81. The van der Waals surface area contributed by atoms with E-state index in [1.165, 1.54) is 11.1 Å². The van der Waals surface area contributed by atoms with Gasteiger partial charge in [-0.05, 0) is 36.7 Å². The van der Waals surface area contributed by atoms with Gasteiger partial charge in [-0.15, -0.1) is 0 Å². The van der Waals surface area contributed by atoms with Crippen LogP contribution in [0.2, 0.25) is 0 Å². The first kappa shape index (κ1) is 14.6. The zero-order chi connectivity index (χ0) is 14.4. The third-order valence-corrected chi connectivity index (χ3v) is 3.31. The molecule has 108 valence electrons. The molecule has 4 nitrogen and oxygen atoms in total. The van der Waals surface area contributed by atoms with Gasteiger partial charge in [0.25, 0.3) is 0 Å². The van der Waals surface area contributed by atoms with Crippen LogP contribution < -0.4 is 10.1 Å². The van der Waals surface area contributed by atoms with Crippen molar-refractivity contribution in [2.75, 3.05) is 13.2 Å². The molecule has 0 spiro atoms. The minimum Gasteiger partial charge on any atom is -0.493 e. The zero-order valence-corrected chi connectivity index (χ0v) is 12.5. The van der Waals surface area contributed by atoms with Crippen molar-refractivity contribution in [1.82, 2.24) is 15.1 Å². The summed E-state index contributed by atoms with van der Waals surface area (Å²) in [6.45, 7) is 5.94. The Bertz CT molecular complexity index is 519. The van der Waals surface area contributed by atoms with Gasteiger partial charge in [-0.2, -0.15) is 5.10 Å². The lowest BCUT2D eigenvalue weighted by Gasteiger charge is -2.13. The molecular weight excluding hydrogens is 250 g/mol. The Kier molecular flexibility index (Phi) is 5.18. The van der Waals surface area contributed by atoms with Crippen molar-refractivity contribution in [3.8, 4) is 5.75 Å². The summed E-state index contributed by atoms with van der Waals surface area (Å²) in [5.74, 6) is 0.918. The van der Waals surface area contributed by atoms with Gasteiger partial charge >= 0.3 is 0 Å². The Balaban J connectivity index is 1.81. The second-order valence-electron chi connectivity index (χ2n) is 4.97. The number of benzene rings is 1. The molecule has 1 unspecified atom stereocenters. The minimum atomic E-state index is 0.379. The highest BCUT2D eigenvalue weighted by atomic mass is 16.5. The number of aromatic nitrogens is 2. The van der Waals surface area contributed by atoms with Gasteiger partial charge in [0.1, 0.15) is 5.75 Å². The number of ether oxygens (including phenoxy) is 1. The largest absolute Gasteiger partial charge is 0.493 e. The first-order valence-electron chi connectivity index (χ1n) is 7.12. The van der Waals surface area contributed by atoms with E-state index in [9.17, 15) is 0 Å². The van der Waals surface area contributed by atoms with Crippen molar-refractivity contribution in [3.63, 3.8) is 0 Å². The number of hydrogen-bond donors (Lipinski definition) is 1. The summed E-state index contributed by atoms with van der Waals surface area (Å²) in [5.41, 5.74) is 2.48. The van der Waals surface area contributed by atoms with Crippen LogP contribution in [0, 0.1) is 0 Å². The van der Waals surface area contributed by atoms with Crippen molar-refractivity contribution in [2.45, 2.75) is 26.3 Å². The number of rotatable bonds is 7. The fourth-order valence-electron chi connectivity index (χ4n) is 2.16. The normalized spacial score (nSPS) is 12.3. The smallest absolute Gasteiger partial charge is 0.119 e. The maximum Gasteiger partial charge on any atom is 0.119 e. The SMILES string of the molecule is CCNC(C)c1ccc(OCCc2cnn(C)c2)cc1. The summed E-state index contributed by atoms with van der Waals surface area (Å²) in [6, 6.07) is 8.68. The predicted octanol–water partition coefficient (Wildman–Crippen LogP) is 2.71. The van der Waals surface area contributed by atoms with Crippen LogP contribution in [0.4, 0.5) is 0 Å². The van der Waals surface area contributed by atoms with Crippen LogP contribution in [-0.2, 0) is 13.5 Å². The average molecular weight is 273 g/mol. The molecule has 1 aromatic carbocycles. The van der Waals surface area contributed by atoms with Crippen molar-refractivity contribution < 1.29 is 4.74 Å². The highest BCUT2D eigenvalue weighted by molar-refractivity contribution is 5.29. The van der Waals surface area contributed by atoms with Crippen LogP contribution in [0.5, 0.6) is 5.75 Å². The standard InChI is InChI=1S/C16H23N3O/c1-4-17-13(2)15-5-7-16(8-6-15)20-10-9-14-11-18-19(3)12-14/h5-8,11-13,17H,4,9-10H2,1-3H3. The van der Waals surface area contributed by atoms with E-state index < -0.39 is 0 Å². The topological polar surface area (TPSA) is 39.1 Å². The minimum absolute atomic E-state index is 0.379. The predicted molar refractivity (Wildman–Crippen MR) is 80.9 cm³/mol. The van der Waals surface area contributed by atoms with E-state index in [0.29, 0.717) is 12.6 Å². The van der Waals surface area contributed by atoms with E-state index >= 15 is 0 Å². The second kappa shape index (κ2) is 7.10. The maximum absolute atomic E-state index is 5.76. The lowest BCUT2D eigenvalue weighted by atomic mass is 10.1. The molecule has 0 saturated heterocycles. The Morgan fingerprint density at radius 2 is 2.05 bits per heavy atom. The van der Waals surface area contributed by atoms with Gasteiger partial charge in [0, 0.05) is 25.7 Å². The van der Waals surface area contributed by atoms with Gasteiger partial charge < -0.3 is 10.1 Å². The first-order chi connectivity index (χ1) is 9.69. The first-order valence-corrected chi connectivity index (χ1v) is 7.12. The van der Waals surface area contributed by atoms with Gasteiger partial charge in [-0.3, -0.25) is 4.68 Å². The molecule has 0 aliphatic heterocycles. The molecule has 1 N–H and O–H groups in total. The molecule has 1 heterocycles. The van der Waals surface area contributed by atoms with Crippen LogP contribution in [0.25, 0.3) is 0 Å². The fraction of sp³-hybridized carbons (Fsp3) is 0.438. The van der Waals surface area contributed by atoms with Crippen molar-refractivity contribution in [1.29, 1.82) is 0 Å². The zero-order valence-electron chi connectivity index (χ0n) is 12.5. The Labute approximate surface area is 120 Å². The molecule has 2 aromatic rings. The quantitative estimate of drug-likeness (QED) is 0.843. The molecule has 0 saturated carbocycles. The van der Waals surface area contributed by atoms with Gasteiger partial charge in [-0.1, -0.05) is 19.1 Å². The van der Waals surface area contributed by atoms with E-state index in [4.69, 9.17) is 4.74 Å². The summed E-state index contributed by atoms with van der Waals surface area (Å²) in [5, 5.41) is 7.54. The van der Waals surface area contributed by atoms with Gasteiger partial charge in [0.05, 0.1) is 12.8 Å². The van der Waals surface area contributed by atoms with Crippen LogP contribution in [0.15, 0.2) is 36.7 Å². The number of nitrogens with zero attached hydrogens (tertiary/aromatic N) is 2. The molecule has 0 amide bonds. The van der Waals surface area contributed by atoms with Gasteiger partial charge in [-0.25, -0.2) is 0 Å². The molecule has 4 heteroatoms. The summed E-state index contributed by atoms with van der Waals surface area (Å²) in [6.07, 6.45) is 4.78. The Morgan fingerprint density at radius 3 is 2.65 bits per heavy atom. The lowest BCUT2D eigenvalue weighted by molar-refractivity contribution is 0.322. The van der Waals surface area contributed by atoms with Crippen LogP contribution in [0.1, 0.15) is 31.0 Å². The molecule has 0 aliphatic carbocycles. The second-order valence-corrected chi connectivity index (χ2v) is 4.97. The molecule has 0 aliphatic rings. The van der Waals surface area contributed by atoms with E-state index in [0.717, 1.165) is 18.7 Å². The van der Waals surface area contributed by atoms with Crippen LogP contribution >= 0.6 is 0 Å². The van der Waals surface area contributed by atoms with E-state index in [2.05, 4.69) is 36.4 Å². The third kappa shape index (κ3) is 4.10. The molecule has 0 fully saturated rings. The fourth-order valence-corrected chi connectivity index (χ4v) is 2.16. The molecule has 20 heavy (non-hydrogen) atoms. The average Bonchev–Trinajstić information content (AvgIpc) is 2.85. The van der Waals surface area contributed by atoms with Crippen molar-refractivity contribution >= 4 is 0 Å². The van der Waals surface area contributed by atoms with E-state index in [1.807, 2.05) is 36.3 Å². The summed E-state index contributed by atoms with van der Waals surface area (Å²) >= 11 is 0. The molecule has 2 rings (SSSR count). The van der Waals surface area contributed by atoms with E-state index in [1.54, 1.807) is 0 Å². The molecule has 0 bridgehead atoms. The van der Waals surface area contributed by atoms with E-state index in [-0.39, 0.29) is 0 Å². The number of hydrogen-bond acceptors (Lipinski definition) is 3. The summed E-state index contributed by atoms with van der Waals surface area (Å²) in [7, 11) is 1.93. The third-order valence-electron chi connectivity index (χ3n) is 3.31. The number of aryl methyl sites for hydroxylation is 1. The van der Waals surface area contributed by atoms with Gasteiger partial charge in [0.2, 0.25) is 0 Å². The van der Waals surface area contributed by atoms with Crippen LogP contribution in [-0.4, -0.2) is 22.9 Å². The maximum atomic E-state index is 5.76.